The maximum atomic E-state index is 11.9. The quantitative estimate of drug-likeness (QED) is 0.461. The number of aliphatic hydroxyl groups excluding tert-OH is 1. The Morgan fingerprint density at radius 3 is 2.72 bits per heavy atom. The highest BCUT2D eigenvalue weighted by Gasteiger charge is 2.39. The number of β-amino-alcohol motifs (C(OH)–C–C–N with tert-alkyl or cyclic N) is 1. The summed E-state index contributed by atoms with van der Waals surface area (Å²) in [7, 11) is 0. The molecule has 8 heteroatoms. The SMILES string of the molecule is O=C1CC(NC(=O)N2C[C@H](O)C[C@@H]2C(=O)O)CN1. The summed E-state index contributed by atoms with van der Waals surface area (Å²) in [6.45, 7) is 0.343. The summed E-state index contributed by atoms with van der Waals surface area (Å²) in [5.41, 5.74) is 0. The van der Waals surface area contributed by atoms with Gasteiger partial charge in [0.15, 0.2) is 0 Å². The standard InChI is InChI=1S/C10H15N3O5/c14-6-2-7(9(16)17)13(4-6)10(18)12-5-1-8(15)11-3-5/h5-7,14H,1-4H2,(H,11,15)(H,12,18)(H,16,17)/t5?,6-,7-/m1/s1. The van der Waals surface area contributed by atoms with Crippen molar-refractivity contribution in [3.63, 3.8) is 0 Å². The van der Waals surface area contributed by atoms with E-state index in [9.17, 15) is 19.5 Å². The number of likely N-dealkylation sites (tertiary alicyclic amines) is 1. The van der Waals surface area contributed by atoms with E-state index in [0.29, 0.717) is 6.54 Å². The number of hydrogen-bond donors (Lipinski definition) is 4. The Kier molecular flexibility index (Phi) is 3.37. The molecule has 100 valence electrons. The molecule has 0 radical (unpaired) electrons. The molecule has 1 unspecified atom stereocenters. The van der Waals surface area contributed by atoms with Crippen LogP contribution in [0.5, 0.6) is 0 Å². The Bertz CT molecular complexity index is 386. The normalized spacial score (nSPS) is 31.3. The first-order valence-corrected chi connectivity index (χ1v) is 5.72. The first kappa shape index (κ1) is 12.6. The summed E-state index contributed by atoms with van der Waals surface area (Å²) in [5.74, 6) is -1.28. The first-order valence-electron chi connectivity index (χ1n) is 5.72. The molecule has 2 rings (SSSR count). The first-order chi connectivity index (χ1) is 8.47. The largest absolute Gasteiger partial charge is 0.480 e. The van der Waals surface area contributed by atoms with Crippen LogP contribution < -0.4 is 10.6 Å². The van der Waals surface area contributed by atoms with Gasteiger partial charge in [0.1, 0.15) is 6.04 Å². The van der Waals surface area contributed by atoms with Crippen molar-refractivity contribution in [1.82, 2.24) is 15.5 Å². The monoisotopic (exact) mass is 257 g/mol. The van der Waals surface area contributed by atoms with Gasteiger partial charge in [-0.2, -0.15) is 0 Å². The van der Waals surface area contributed by atoms with Crippen LogP contribution in [0, 0.1) is 0 Å². The van der Waals surface area contributed by atoms with Crippen LogP contribution >= 0.6 is 0 Å². The number of rotatable bonds is 2. The van der Waals surface area contributed by atoms with E-state index in [1.54, 1.807) is 0 Å². The molecule has 3 amide bonds. The topological polar surface area (TPSA) is 119 Å². The highest BCUT2D eigenvalue weighted by molar-refractivity contribution is 5.85. The number of hydrogen-bond acceptors (Lipinski definition) is 4. The molecule has 0 spiro atoms. The molecular formula is C10H15N3O5. The molecule has 18 heavy (non-hydrogen) atoms. The number of urea groups is 1. The molecule has 4 N–H and O–H groups in total. The number of nitrogens with zero attached hydrogens (tertiary/aromatic N) is 1. The molecule has 0 bridgehead atoms. The smallest absolute Gasteiger partial charge is 0.326 e. The van der Waals surface area contributed by atoms with Gasteiger partial charge in [0.25, 0.3) is 0 Å². The highest BCUT2D eigenvalue weighted by Crippen LogP contribution is 2.18. The molecule has 0 aliphatic carbocycles. The van der Waals surface area contributed by atoms with E-state index in [0.717, 1.165) is 4.90 Å². The fraction of sp³-hybridized carbons (Fsp3) is 0.700. The van der Waals surface area contributed by atoms with E-state index in [-0.39, 0.29) is 31.3 Å². The number of carbonyl (C=O) groups excluding carboxylic acids is 2. The Balaban J connectivity index is 1.95. The minimum absolute atomic E-state index is 0.00308. The second-order valence-corrected chi connectivity index (χ2v) is 4.55. The van der Waals surface area contributed by atoms with Crippen LogP contribution in [0.15, 0.2) is 0 Å². The van der Waals surface area contributed by atoms with E-state index in [1.165, 1.54) is 0 Å². The highest BCUT2D eigenvalue weighted by atomic mass is 16.4. The number of carboxylic acid groups (broad SMARTS) is 1. The molecular weight excluding hydrogens is 242 g/mol. The lowest BCUT2D eigenvalue weighted by molar-refractivity contribution is -0.141. The minimum atomic E-state index is -1.14. The van der Waals surface area contributed by atoms with E-state index in [4.69, 9.17) is 5.11 Å². The molecule has 0 saturated carbocycles. The zero-order valence-electron chi connectivity index (χ0n) is 9.63. The van der Waals surface area contributed by atoms with Crippen molar-refractivity contribution in [2.45, 2.75) is 31.0 Å². The minimum Gasteiger partial charge on any atom is -0.480 e. The van der Waals surface area contributed by atoms with E-state index < -0.39 is 24.1 Å². The summed E-state index contributed by atoms with van der Waals surface area (Å²) >= 11 is 0. The van der Waals surface area contributed by atoms with Crippen molar-refractivity contribution >= 4 is 17.9 Å². The van der Waals surface area contributed by atoms with Crippen LogP contribution in [0.2, 0.25) is 0 Å². The van der Waals surface area contributed by atoms with Gasteiger partial charge < -0.3 is 25.7 Å². The van der Waals surface area contributed by atoms with Crippen LogP contribution in [0.25, 0.3) is 0 Å². The molecule has 0 aromatic rings. The summed E-state index contributed by atoms with van der Waals surface area (Å²) in [6.07, 6.45) is -0.593. The molecule has 2 heterocycles. The maximum absolute atomic E-state index is 11.9. The van der Waals surface area contributed by atoms with Crippen molar-refractivity contribution in [3.8, 4) is 0 Å². The van der Waals surface area contributed by atoms with E-state index in [1.807, 2.05) is 0 Å². The second kappa shape index (κ2) is 4.81. The molecule has 8 nitrogen and oxygen atoms in total. The van der Waals surface area contributed by atoms with Crippen LogP contribution in [0.3, 0.4) is 0 Å². The molecule has 2 aliphatic heterocycles. The molecule has 0 aromatic carbocycles. The van der Waals surface area contributed by atoms with Crippen molar-refractivity contribution in [2.24, 2.45) is 0 Å². The van der Waals surface area contributed by atoms with Crippen LogP contribution in [-0.2, 0) is 9.59 Å². The number of carboxylic acids is 1. The van der Waals surface area contributed by atoms with Crippen molar-refractivity contribution in [2.75, 3.05) is 13.1 Å². The Labute approximate surface area is 103 Å². The number of aliphatic hydroxyl groups is 1. The van der Waals surface area contributed by atoms with Gasteiger partial charge in [0.05, 0.1) is 12.1 Å². The van der Waals surface area contributed by atoms with Gasteiger partial charge in [-0.25, -0.2) is 9.59 Å². The third kappa shape index (κ3) is 2.53. The fourth-order valence-corrected chi connectivity index (χ4v) is 2.24. The molecule has 0 aromatic heterocycles. The number of amides is 3. The van der Waals surface area contributed by atoms with Gasteiger partial charge >= 0.3 is 12.0 Å². The summed E-state index contributed by atoms with van der Waals surface area (Å²) in [4.78, 5) is 34.9. The number of aliphatic carboxylic acids is 1. The number of carbonyl (C=O) groups is 3. The zero-order chi connectivity index (χ0) is 13.3. The zero-order valence-corrected chi connectivity index (χ0v) is 9.63. The van der Waals surface area contributed by atoms with Crippen molar-refractivity contribution < 1.29 is 24.6 Å². The third-order valence-corrected chi connectivity index (χ3v) is 3.13. The molecule has 3 atom stereocenters. The number of nitrogens with one attached hydrogen (secondary N) is 2. The summed E-state index contributed by atoms with van der Waals surface area (Å²) < 4.78 is 0. The predicted octanol–water partition coefficient (Wildman–Crippen LogP) is -1.90. The van der Waals surface area contributed by atoms with Gasteiger partial charge in [-0.3, -0.25) is 4.79 Å². The van der Waals surface area contributed by atoms with Gasteiger partial charge in [0, 0.05) is 25.9 Å². The van der Waals surface area contributed by atoms with Crippen LogP contribution in [0.4, 0.5) is 4.79 Å². The lowest BCUT2D eigenvalue weighted by Crippen LogP contribution is -2.49. The Morgan fingerprint density at radius 2 is 2.17 bits per heavy atom. The Hall–Kier alpha value is -1.83. The van der Waals surface area contributed by atoms with Gasteiger partial charge in [0.2, 0.25) is 5.91 Å². The maximum Gasteiger partial charge on any atom is 0.326 e. The van der Waals surface area contributed by atoms with Crippen LogP contribution in [0.1, 0.15) is 12.8 Å². The third-order valence-electron chi connectivity index (χ3n) is 3.13. The lowest BCUT2D eigenvalue weighted by Gasteiger charge is -2.23. The lowest BCUT2D eigenvalue weighted by atomic mass is 10.2. The van der Waals surface area contributed by atoms with Gasteiger partial charge in [-0.05, 0) is 0 Å². The summed E-state index contributed by atoms with van der Waals surface area (Å²) in [6, 6.07) is -1.89. The second-order valence-electron chi connectivity index (χ2n) is 4.55. The summed E-state index contributed by atoms with van der Waals surface area (Å²) in [5, 5.41) is 23.5. The van der Waals surface area contributed by atoms with Gasteiger partial charge in [-0.1, -0.05) is 0 Å². The average molecular weight is 257 g/mol. The van der Waals surface area contributed by atoms with E-state index >= 15 is 0 Å². The van der Waals surface area contributed by atoms with Crippen LogP contribution in [-0.4, -0.2) is 64.3 Å². The predicted molar refractivity (Wildman–Crippen MR) is 58.7 cm³/mol. The van der Waals surface area contributed by atoms with Crippen molar-refractivity contribution in [3.05, 3.63) is 0 Å². The average Bonchev–Trinajstić information content (AvgIpc) is 2.85. The van der Waals surface area contributed by atoms with Gasteiger partial charge in [-0.15, -0.1) is 0 Å². The molecule has 2 fully saturated rings. The van der Waals surface area contributed by atoms with Crippen molar-refractivity contribution in [1.29, 1.82) is 0 Å². The Morgan fingerprint density at radius 1 is 1.44 bits per heavy atom. The molecule has 2 saturated heterocycles. The fourth-order valence-electron chi connectivity index (χ4n) is 2.24. The molecule has 2 aliphatic rings. The van der Waals surface area contributed by atoms with E-state index in [2.05, 4.69) is 10.6 Å².